The SMILES string of the molecule is Cc1cccc(OC(C)(C)C(=O)N2CCCC2C(=O)O)c1. The Kier molecular flexibility index (Phi) is 4.21. The van der Waals surface area contributed by atoms with Crippen molar-refractivity contribution in [1.82, 2.24) is 4.90 Å². The van der Waals surface area contributed by atoms with E-state index in [0.717, 1.165) is 5.56 Å². The lowest BCUT2D eigenvalue weighted by Crippen LogP contribution is -2.52. The lowest BCUT2D eigenvalue weighted by atomic mass is 10.1. The van der Waals surface area contributed by atoms with Crippen molar-refractivity contribution in [2.45, 2.75) is 45.3 Å². The molecule has 0 radical (unpaired) electrons. The number of hydrogen-bond donors (Lipinski definition) is 1. The number of benzene rings is 1. The molecule has 1 N–H and O–H groups in total. The van der Waals surface area contributed by atoms with Crippen molar-refractivity contribution < 1.29 is 19.4 Å². The largest absolute Gasteiger partial charge is 0.480 e. The smallest absolute Gasteiger partial charge is 0.326 e. The fraction of sp³-hybridized carbons (Fsp3) is 0.500. The van der Waals surface area contributed by atoms with Crippen LogP contribution in [0.2, 0.25) is 0 Å². The molecule has 1 aromatic carbocycles. The summed E-state index contributed by atoms with van der Waals surface area (Å²) in [7, 11) is 0. The van der Waals surface area contributed by atoms with Crippen molar-refractivity contribution in [2.75, 3.05) is 6.54 Å². The summed E-state index contributed by atoms with van der Waals surface area (Å²) in [6.45, 7) is 5.77. The lowest BCUT2D eigenvalue weighted by Gasteiger charge is -2.32. The Morgan fingerprint density at radius 1 is 1.38 bits per heavy atom. The number of aliphatic carboxylic acids is 1. The van der Waals surface area contributed by atoms with Gasteiger partial charge in [-0.25, -0.2) is 4.79 Å². The number of nitrogens with zero attached hydrogens (tertiary/aromatic N) is 1. The van der Waals surface area contributed by atoms with E-state index in [1.807, 2.05) is 25.1 Å². The molecule has 1 aliphatic rings. The van der Waals surface area contributed by atoms with E-state index in [1.165, 1.54) is 4.90 Å². The first-order valence-corrected chi connectivity index (χ1v) is 7.11. The first kappa shape index (κ1) is 15.4. The molecule has 0 spiro atoms. The van der Waals surface area contributed by atoms with Crippen LogP contribution in [-0.4, -0.2) is 40.1 Å². The second kappa shape index (κ2) is 5.76. The van der Waals surface area contributed by atoms with Crippen molar-refractivity contribution in [1.29, 1.82) is 0 Å². The lowest BCUT2D eigenvalue weighted by molar-refractivity contribution is -0.155. The highest BCUT2D eigenvalue weighted by Crippen LogP contribution is 2.25. The van der Waals surface area contributed by atoms with Crippen LogP contribution < -0.4 is 4.74 Å². The molecule has 114 valence electrons. The summed E-state index contributed by atoms with van der Waals surface area (Å²) in [5.74, 6) is -0.625. The minimum Gasteiger partial charge on any atom is -0.480 e. The van der Waals surface area contributed by atoms with Gasteiger partial charge in [-0.1, -0.05) is 12.1 Å². The van der Waals surface area contributed by atoms with Gasteiger partial charge in [-0.3, -0.25) is 4.79 Å². The van der Waals surface area contributed by atoms with E-state index in [-0.39, 0.29) is 5.91 Å². The molecule has 0 saturated carbocycles. The maximum atomic E-state index is 12.6. The summed E-state index contributed by atoms with van der Waals surface area (Å²) in [5, 5.41) is 9.19. The third kappa shape index (κ3) is 3.35. The van der Waals surface area contributed by atoms with Crippen molar-refractivity contribution >= 4 is 11.9 Å². The molecule has 0 aliphatic carbocycles. The Balaban J connectivity index is 2.15. The first-order valence-electron chi connectivity index (χ1n) is 7.11. The molecule has 5 nitrogen and oxygen atoms in total. The Morgan fingerprint density at radius 2 is 2.10 bits per heavy atom. The topological polar surface area (TPSA) is 66.8 Å². The zero-order valence-electron chi connectivity index (χ0n) is 12.6. The van der Waals surface area contributed by atoms with Gasteiger partial charge in [0.05, 0.1) is 0 Å². The van der Waals surface area contributed by atoms with Crippen LogP contribution in [0.4, 0.5) is 0 Å². The fourth-order valence-corrected chi connectivity index (χ4v) is 2.63. The number of aryl methyl sites for hydroxylation is 1. The number of amides is 1. The predicted molar refractivity (Wildman–Crippen MR) is 78.3 cm³/mol. The molecule has 1 aromatic rings. The van der Waals surface area contributed by atoms with Gasteiger partial charge < -0.3 is 14.7 Å². The molecular formula is C16H21NO4. The van der Waals surface area contributed by atoms with Crippen molar-refractivity contribution in [2.24, 2.45) is 0 Å². The van der Waals surface area contributed by atoms with Gasteiger partial charge in [0.15, 0.2) is 5.60 Å². The molecule has 2 rings (SSSR count). The molecular weight excluding hydrogens is 270 g/mol. The van der Waals surface area contributed by atoms with E-state index in [0.29, 0.717) is 25.1 Å². The van der Waals surface area contributed by atoms with Gasteiger partial charge in [0.25, 0.3) is 5.91 Å². The Bertz CT molecular complexity index is 553. The summed E-state index contributed by atoms with van der Waals surface area (Å²) in [6.07, 6.45) is 1.21. The van der Waals surface area contributed by atoms with Crippen LogP contribution in [0.3, 0.4) is 0 Å². The van der Waals surface area contributed by atoms with Crippen LogP contribution >= 0.6 is 0 Å². The number of carboxylic acid groups (broad SMARTS) is 1. The third-order valence-corrected chi connectivity index (χ3v) is 3.68. The average molecular weight is 291 g/mol. The maximum Gasteiger partial charge on any atom is 0.326 e. The minimum atomic E-state index is -1.09. The second-order valence-corrected chi connectivity index (χ2v) is 5.92. The van der Waals surface area contributed by atoms with Crippen molar-refractivity contribution in [3.05, 3.63) is 29.8 Å². The van der Waals surface area contributed by atoms with Crippen LogP contribution in [0.25, 0.3) is 0 Å². The number of carboxylic acids is 1. The molecule has 0 aromatic heterocycles. The predicted octanol–water partition coefficient (Wildman–Crippen LogP) is 2.23. The van der Waals surface area contributed by atoms with Crippen molar-refractivity contribution in [3.63, 3.8) is 0 Å². The second-order valence-electron chi connectivity index (χ2n) is 5.92. The quantitative estimate of drug-likeness (QED) is 0.923. The highest BCUT2D eigenvalue weighted by molar-refractivity contribution is 5.89. The summed E-state index contributed by atoms with van der Waals surface area (Å²) >= 11 is 0. The molecule has 1 atom stereocenters. The molecule has 5 heteroatoms. The summed E-state index contributed by atoms with van der Waals surface area (Å²) in [6, 6.07) is 6.72. The Hall–Kier alpha value is -2.04. The zero-order chi connectivity index (χ0) is 15.6. The number of carbonyl (C=O) groups is 2. The average Bonchev–Trinajstić information content (AvgIpc) is 2.86. The van der Waals surface area contributed by atoms with Crippen LogP contribution in [0.15, 0.2) is 24.3 Å². The molecule has 1 unspecified atom stereocenters. The summed E-state index contributed by atoms with van der Waals surface area (Å²) in [4.78, 5) is 25.2. The van der Waals surface area contributed by atoms with Crippen molar-refractivity contribution in [3.8, 4) is 5.75 Å². The number of rotatable bonds is 4. The summed E-state index contributed by atoms with van der Waals surface area (Å²) in [5.41, 5.74) is -0.0495. The van der Waals surface area contributed by atoms with Gasteiger partial charge in [0, 0.05) is 6.54 Å². The van der Waals surface area contributed by atoms with Gasteiger partial charge in [-0.05, 0) is 51.3 Å². The molecule has 1 aliphatic heterocycles. The van der Waals surface area contributed by atoms with E-state index >= 15 is 0 Å². The van der Waals surface area contributed by atoms with Crippen LogP contribution in [0, 0.1) is 6.92 Å². The molecule has 0 bridgehead atoms. The molecule has 1 fully saturated rings. The van der Waals surface area contributed by atoms with E-state index in [1.54, 1.807) is 19.9 Å². The van der Waals surface area contributed by atoms with Gasteiger partial charge in [0.2, 0.25) is 0 Å². The number of likely N-dealkylation sites (tertiary alicyclic amines) is 1. The first-order chi connectivity index (χ1) is 9.81. The van der Waals surface area contributed by atoms with E-state index in [9.17, 15) is 14.7 Å². The van der Waals surface area contributed by atoms with E-state index < -0.39 is 17.6 Å². The number of hydrogen-bond acceptors (Lipinski definition) is 3. The monoisotopic (exact) mass is 291 g/mol. The number of ether oxygens (including phenoxy) is 1. The van der Waals surface area contributed by atoms with E-state index in [4.69, 9.17) is 4.74 Å². The van der Waals surface area contributed by atoms with E-state index in [2.05, 4.69) is 0 Å². The highest BCUT2D eigenvalue weighted by Gasteiger charge is 2.42. The summed E-state index contributed by atoms with van der Waals surface area (Å²) < 4.78 is 5.80. The van der Waals surface area contributed by atoms with Gasteiger partial charge >= 0.3 is 5.97 Å². The fourth-order valence-electron chi connectivity index (χ4n) is 2.63. The zero-order valence-corrected chi connectivity index (χ0v) is 12.6. The maximum absolute atomic E-state index is 12.6. The molecule has 1 heterocycles. The van der Waals surface area contributed by atoms with Crippen LogP contribution in [0.1, 0.15) is 32.3 Å². The van der Waals surface area contributed by atoms with Gasteiger partial charge in [0.1, 0.15) is 11.8 Å². The normalized spacial score (nSPS) is 18.6. The Morgan fingerprint density at radius 3 is 2.71 bits per heavy atom. The van der Waals surface area contributed by atoms with Crippen LogP contribution in [-0.2, 0) is 9.59 Å². The molecule has 1 amide bonds. The number of carbonyl (C=O) groups excluding carboxylic acids is 1. The minimum absolute atomic E-state index is 0.283. The molecule has 21 heavy (non-hydrogen) atoms. The van der Waals surface area contributed by atoms with Gasteiger partial charge in [-0.15, -0.1) is 0 Å². The highest BCUT2D eigenvalue weighted by atomic mass is 16.5. The Labute approximate surface area is 124 Å². The molecule has 1 saturated heterocycles. The standard InChI is InChI=1S/C16H21NO4/c1-11-6-4-7-12(10-11)21-16(2,3)15(20)17-9-5-8-13(17)14(18)19/h4,6-7,10,13H,5,8-9H2,1-3H3,(H,18,19). The van der Waals surface area contributed by atoms with Gasteiger partial charge in [-0.2, -0.15) is 0 Å². The third-order valence-electron chi connectivity index (χ3n) is 3.68. The van der Waals surface area contributed by atoms with Crippen LogP contribution in [0.5, 0.6) is 5.75 Å².